The zero-order chi connectivity index (χ0) is 40.9. The lowest BCUT2D eigenvalue weighted by Crippen LogP contribution is -2.41. The van der Waals surface area contributed by atoms with Crippen LogP contribution in [0.2, 0.25) is 0 Å². The number of benzene rings is 3. The van der Waals surface area contributed by atoms with Gasteiger partial charge >= 0.3 is 6.09 Å². The molecule has 4 saturated heterocycles. The van der Waals surface area contributed by atoms with E-state index < -0.39 is 17.2 Å². The molecule has 8 atom stereocenters. The third-order valence-corrected chi connectivity index (χ3v) is 14.9. The molecule has 3 aromatic carbocycles. The summed E-state index contributed by atoms with van der Waals surface area (Å²) in [6.45, 7) is 7.07. The Balaban J connectivity index is 0.937. The molecule has 316 valence electrons. The van der Waals surface area contributed by atoms with Crippen LogP contribution in [0.15, 0.2) is 48.5 Å². The Morgan fingerprint density at radius 3 is 2.02 bits per heavy atom. The summed E-state index contributed by atoms with van der Waals surface area (Å²) >= 11 is 0. The zero-order valence-electron chi connectivity index (χ0n) is 35.2. The molecule has 3 N–H and O–H groups in total. The summed E-state index contributed by atoms with van der Waals surface area (Å²) < 4.78 is 38.5. The number of carbonyl (C=O) groups excluding carboxylic acids is 1. The van der Waals surface area contributed by atoms with Crippen LogP contribution in [-0.4, -0.2) is 61.7 Å². The van der Waals surface area contributed by atoms with Crippen molar-refractivity contribution in [2.45, 2.75) is 146 Å². The second-order valence-electron chi connectivity index (χ2n) is 19.8. The molecule has 1 amide bonds. The first-order valence-electron chi connectivity index (χ1n) is 22.8. The lowest BCUT2D eigenvalue weighted by molar-refractivity contribution is 0.0130. The minimum Gasteiger partial charge on any atom is -0.444 e. The first kappa shape index (κ1) is 38.2. The van der Waals surface area contributed by atoms with Crippen LogP contribution in [-0.2, 0) is 4.74 Å². The van der Waals surface area contributed by atoms with E-state index in [0.29, 0.717) is 30.7 Å². The lowest BCUT2D eigenvalue weighted by atomic mass is 10.0. The minimum absolute atomic E-state index is 0.0877. The SMILES string of the molecule is CC(C)(C)OC(=O)N1[C@H](c2nc3ccc([C@H]4CC[C@H](c5ccc6nc([C@@H]7CC8CCCC8N7)[nH]c6c5)N4c4cc(F)c(N5CCCCC5)c(F)c4)cc3[nH]2)C[C@@H]2CCC[C@@H]21. The van der Waals surface area contributed by atoms with Gasteiger partial charge in [-0.1, -0.05) is 25.0 Å². The average molecular weight is 817 g/mol. The fourth-order valence-electron chi connectivity index (χ4n) is 12.2. The van der Waals surface area contributed by atoms with Crippen LogP contribution in [0.4, 0.5) is 25.0 Å². The van der Waals surface area contributed by atoms with Gasteiger partial charge in [-0.15, -0.1) is 0 Å². The normalized spacial score (nSPS) is 29.3. The molecule has 0 bridgehead atoms. The summed E-state index contributed by atoms with van der Waals surface area (Å²) in [5, 5.41) is 3.84. The average Bonchev–Trinajstić information content (AvgIpc) is 4.06. The Morgan fingerprint density at radius 2 is 1.35 bits per heavy atom. The maximum Gasteiger partial charge on any atom is 0.411 e. The van der Waals surface area contributed by atoms with Crippen molar-refractivity contribution in [1.29, 1.82) is 0 Å². The highest BCUT2D eigenvalue weighted by atomic mass is 19.1. The van der Waals surface area contributed by atoms with Crippen molar-refractivity contribution in [3.8, 4) is 0 Å². The van der Waals surface area contributed by atoms with Crippen molar-refractivity contribution >= 4 is 39.5 Å². The van der Waals surface area contributed by atoms with Gasteiger partial charge in [-0.2, -0.15) is 0 Å². The van der Waals surface area contributed by atoms with Crippen LogP contribution in [0.25, 0.3) is 22.1 Å². The number of H-pyrrole nitrogens is 2. The largest absolute Gasteiger partial charge is 0.444 e. The third kappa shape index (κ3) is 6.72. The van der Waals surface area contributed by atoms with Gasteiger partial charge in [0.1, 0.15) is 22.9 Å². The number of hydrogen-bond donors (Lipinski definition) is 3. The minimum atomic E-state index is -0.592. The van der Waals surface area contributed by atoms with Crippen molar-refractivity contribution < 1.29 is 18.3 Å². The summed E-state index contributed by atoms with van der Waals surface area (Å²) in [5.41, 5.74) is 5.84. The van der Waals surface area contributed by atoms with Gasteiger partial charge in [0, 0.05) is 30.9 Å². The predicted molar refractivity (Wildman–Crippen MR) is 230 cm³/mol. The number of nitrogens with one attached hydrogen (secondary N) is 3. The van der Waals surface area contributed by atoms with Crippen LogP contribution in [0.1, 0.15) is 151 Å². The van der Waals surface area contributed by atoms with E-state index in [9.17, 15) is 4.79 Å². The van der Waals surface area contributed by atoms with Crippen molar-refractivity contribution in [2.24, 2.45) is 11.8 Å². The van der Waals surface area contributed by atoms with Gasteiger partial charge < -0.3 is 29.8 Å². The second-order valence-corrected chi connectivity index (χ2v) is 19.8. The van der Waals surface area contributed by atoms with E-state index in [1.165, 1.54) is 19.3 Å². The van der Waals surface area contributed by atoms with E-state index in [4.69, 9.17) is 14.7 Å². The predicted octanol–water partition coefficient (Wildman–Crippen LogP) is 10.8. The van der Waals surface area contributed by atoms with Crippen molar-refractivity contribution in [3.05, 3.63) is 82.9 Å². The van der Waals surface area contributed by atoms with Crippen LogP contribution in [0.3, 0.4) is 0 Å². The molecular formula is C48H58F2N8O2. The number of rotatable bonds is 6. The van der Waals surface area contributed by atoms with Crippen molar-refractivity contribution in [2.75, 3.05) is 22.9 Å². The molecular weight excluding hydrogens is 759 g/mol. The number of anilines is 2. The highest BCUT2D eigenvalue weighted by molar-refractivity contribution is 5.78. The van der Waals surface area contributed by atoms with Crippen molar-refractivity contribution in [3.63, 3.8) is 0 Å². The number of carbonyl (C=O) groups is 1. The molecule has 0 spiro atoms. The zero-order valence-corrected chi connectivity index (χ0v) is 35.2. The van der Waals surface area contributed by atoms with Crippen LogP contribution < -0.4 is 15.1 Å². The molecule has 4 aliphatic heterocycles. The fraction of sp³-hybridized carbons (Fsp3) is 0.562. The number of piperidine rings is 1. The van der Waals surface area contributed by atoms with Gasteiger partial charge in [0.15, 0.2) is 11.6 Å². The van der Waals surface area contributed by atoms with E-state index in [-0.39, 0.29) is 42.0 Å². The van der Waals surface area contributed by atoms with Gasteiger partial charge in [-0.3, -0.25) is 4.90 Å². The van der Waals surface area contributed by atoms with E-state index in [1.807, 2.05) is 36.6 Å². The molecule has 0 radical (unpaired) electrons. The Hall–Kier alpha value is -4.71. The number of aromatic nitrogens is 4. The second kappa shape index (κ2) is 14.7. The Kier molecular flexibility index (Phi) is 9.39. The highest BCUT2D eigenvalue weighted by Gasteiger charge is 2.49. The van der Waals surface area contributed by atoms with E-state index in [1.54, 1.807) is 12.1 Å². The topological polar surface area (TPSA) is 105 Å². The van der Waals surface area contributed by atoms with Crippen LogP contribution >= 0.6 is 0 Å². The summed E-state index contributed by atoms with van der Waals surface area (Å²) in [6, 6.07) is 16.4. The molecule has 60 heavy (non-hydrogen) atoms. The molecule has 2 aromatic heterocycles. The quantitative estimate of drug-likeness (QED) is 0.157. The van der Waals surface area contributed by atoms with E-state index >= 15 is 8.78 Å². The number of ether oxygens (including phenoxy) is 1. The summed E-state index contributed by atoms with van der Waals surface area (Å²) in [6.07, 6.45) is 13.3. The fourth-order valence-corrected chi connectivity index (χ4v) is 12.2. The molecule has 5 aromatic rings. The summed E-state index contributed by atoms with van der Waals surface area (Å²) in [7, 11) is 0. The standard InChI is InChI=1S/C48H58F2N8O2/c1-48(2,3)60-47(59)58-40-12-8-10-28(40)24-43(58)46-53-36-16-14-30(23-38(36)55-46)42-18-17-41(57(42)31-25-32(49)44(33(50)26-31)56-19-5-4-6-20-56)29-13-15-35-37(22-29)54-45(52-35)39-21-27-9-7-11-34(27)51-39/h13-16,22-23,25-28,34,39-43,51H,4-12,17-21,24H2,1-3H3,(H,52,54)(H,53,55)/t27?,28-,34?,39-,40-,41+,42+,43-/m0/s1. The van der Waals surface area contributed by atoms with Crippen LogP contribution in [0.5, 0.6) is 0 Å². The van der Waals surface area contributed by atoms with Gasteiger partial charge in [-0.25, -0.2) is 23.5 Å². The maximum atomic E-state index is 16.3. The molecule has 2 saturated carbocycles. The van der Waals surface area contributed by atoms with Crippen molar-refractivity contribution in [1.82, 2.24) is 30.2 Å². The smallest absolute Gasteiger partial charge is 0.411 e. The molecule has 2 aliphatic carbocycles. The molecule has 12 heteroatoms. The van der Waals surface area contributed by atoms with Gasteiger partial charge in [0.2, 0.25) is 0 Å². The van der Waals surface area contributed by atoms with Crippen LogP contribution in [0, 0.1) is 23.5 Å². The first-order valence-corrected chi connectivity index (χ1v) is 22.8. The molecule has 10 nitrogen and oxygen atoms in total. The van der Waals surface area contributed by atoms with Gasteiger partial charge in [-0.05, 0) is 151 Å². The Labute approximate surface area is 350 Å². The highest BCUT2D eigenvalue weighted by Crippen LogP contribution is 2.50. The first-order chi connectivity index (χ1) is 29.0. The molecule has 6 heterocycles. The van der Waals surface area contributed by atoms with Gasteiger partial charge in [0.05, 0.1) is 46.2 Å². The van der Waals surface area contributed by atoms with E-state index in [2.05, 4.69) is 50.5 Å². The number of fused-ring (bicyclic) bond motifs is 4. The molecule has 6 aliphatic rings. The lowest BCUT2D eigenvalue weighted by Gasteiger charge is -2.35. The monoisotopic (exact) mass is 816 g/mol. The number of aromatic amines is 2. The van der Waals surface area contributed by atoms with E-state index in [0.717, 1.165) is 115 Å². The van der Waals surface area contributed by atoms with Gasteiger partial charge in [0.25, 0.3) is 0 Å². The number of likely N-dealkylation sites (tertiary alicyclic amines) is 1. The Bertz CT molecular complexity index is 2400. The number of imidazole rings is 2. The molecule has 6 fully saturated rings. The number of halogens is 2. The third-order valence-electron chi connectivity index (χ3n) is 14.9. The summed E-state index contributed by atoms with van der Waals surface area (Å²) in [4.78, 5) is 37.2. The number of hydrogen-bond acceptors (Lipinski definition) is 7. The Morgan fingerprint density at radius 1 is 0.717 bits per heavy atom. The maximum absolute atomic E-state index is 16.3. The number of nitrogens with zero attached hydrogens (tertiary/aromatic N) is 5. The molecule has 11 rings (SSSR count). The number of amides is 1. The molecule has 2 unspecified atom stereocenters. The summed E-state index contributed by atoms with van der Waals surface area (Å²) in [5.74, 6) is 1.92.